The van der Waals surface area contributed by atoms with Gasteiger partial charge in [-0.05, 0) is 24.6 Å². The molecule has 0 saturated carbocycles. The van der Waals surface area contributed by atoms with E-state index in [9.17, 15) is 4.79 Å². The number of hydrogen-bond acceptors (Lipinski definition) is 4. The molecule has 5 nitrogen and oxygen atoms in total. The molecule has 0 spiro atoms. The lowest BCUT2D eigenvalue weighted by atomic mass is 10.1. The van der Waals surface area contributed by atoms with Crippen LogP contribution < -0.4 is 16.2 Å². The van der Waals surface area contributed by atoms with E-state index >= 15 is 0 Å². The molecule has 2 heterocycles. The first-order valence-electron chi connectivity index (χ1n) is 7.89. The molecule has 1 aliphatic rings. The van der Waals surface area contributed by atoms with Gasteiger partial charge in [0.2, 0.25) is 5.95 Å². The van der Waals surface area contributed by atoms with Crippen molar-refractivity contribution in [3.8, 4) is 12.3 Å². The normalized spacial score (nSPS) is 14.5. The summed E-state index contributed by atoms with van der Waals surface area (Å²) in [5.41, 5.74) is 2.54. The van der Waals surface area contributed by atoms with Gasteiger partial charge in [0.1, 0.15) is 0 Å². The predicted molar refractivity (Wildman–Crippen MR) is 96.2 cm³/mol. The smallest absolute Gasteiger partial charge is 0.260 e. The zero-order valence-electron chi connectivity index (χ0n) is 13.5. The molecule has 24 heavy (non-hydrogen) atoms. The summed E-state index contributed by atoms with van der Waals surface area (Å²) in [7, 11) is 0. The zero-order valence-corrected chi connectivity index (χ0v) is 14.2. The number of nitrogens with one attached hydrogen (secondary N) is 2. The Hall–Kier alpha value is -2.29. The molecule has 0 fully saturated rings. The van der Waals surface area contributed by atoms with E-state index in [1.165, 1.54) is 4.57 Å². The Morgan fingerprint density at radius 3 is 2.92 bits per heavy atom. The third kappa shape index (κ3) is 3.30. The Bertz CT molecular complexity index is 836. The van der Waals surface area contributed by atoms with Crippen LogP contribution in [0.2, 0.25) is 5.02 Å². The molecule has 0 bridgehead atoms. The molecule has 2 aromatic rings. The molecule has 1 aromatic carbocycles. The van der Waals surface area contributed by atoms with Gasteiger partial charge < -0.3 is 10.6 Å². The van der Waals surface area contributed by atoms with Crippen LogP contribution in [0.25, 0.3) is 0 Å². The average Bonchev–Trinajstić information content (AvgIpc) is 2.59. The minimum atomic E-state index is -0.0732. The lowest BCUT2D eigenvalue weighted by molar-refractivity contribution is 0.601. The third-order valence-corrected chi connectivity index (χ3v) is 4.41. The molecular weight excluding hydrogens is 324 g/mol. The van der Waals surface area contributed by atoms with E-state index in [4.69, 9.17) is 18.0 Å². The fourth-order valence-electron chi connectivity index (χ4n) is 2.82. The van der Waals surface area contributed by atoms with Crippen LogP contribution in [0.3, 0.4) is 0 Å². The van der Waals surface area contributed by atoms with Crippen molar-refractivity contribution in [2.75, 3.05) is 11.9 Å². The number of benzene rings is 1. The molecule has 0 radical (unpaired) electrons. The summed E-state index contributed by atoms with van der Waals surface area (Å²) in [6, 6.07) is 7.56. The largest absolute Gasteiger partial charge is 0.349 e. The van der Waals surface area contributed by atoms with Crippen molar-refractivity contribution >= 4 is 17.5 Å². The van der Waals surface area contributed by atoms with E-state index in [0.29, 0.717) is 23.1 Å². The number of aromatic nitrogens is 2. The van der Waals surface area contributed by atoms with Gasteiger partial charge in [-0.3, -0.25) is 9.36 Å². The van der Waals surface area contributed by atoms with Crippen molar-refractivity contribution in [2.45, 2.75) is 32.5 Å². The molecule has 3 rings (SSSR count). The molecular formula is C18H19ClN4O. The Labute approximate surface area is 146 Å². The number of terminal acetylenes is 1. The number of nitrogens with zero attached hydrogens (tertiary/aromatic N) is 2. The Morgan fingerprint density at radius 1 is 1.46 bits per heavy atom. The second kappa shape index (κ2) is 7.08. The topological polar surface area (TPSA) is 59.0 Å². The number of hydrogen-bond donors (Lipinski definition) is 2. The highest BCUT2D eigenvalue weighted by Gasteiger charge is 2.19. The first-order chi connectivity index (χ1) is 11.6. The van der Waals surface area contributed by atoms with Crippen molar-refractivity contribution in [1.29, 1.82) is 0 Å². The van der Waals surface area contributed by atoms with Crippen molar-refractivity contribution in [3.63, 3.8) is 0 Å². The maximum Gasteiger partial charge on any atom is 0.260 e. The molecule has 0 unspecified atom stereocenters. The fraction of sp³-hybridized carbons (Fsp3) is 0.333. The maximum absolute atomic E-state index is 12.7. The Kier molecular flexibility index (Phi) is 4.89. The molecule has 0 saturated heterocycles. The highest BCUT2D eigenvalue weighted by atomic mass is 35.5. The van der Waals surface area contributed by atoms with Gasteiger partial charge in [0, 0.05) is 24.5 Å². The summed E-state index contributed by atoms with van der Waals surface area (Å²) < 4.78 is 1.53. The number of halogens is 1. The van der Waals surface area contributed by atoms with Crippen LogP contribution in [-0.2, 0) is 19.5 Å². The molecule has 6 heteroatoms. The van der Waals surface area contributed by atoms with Crippen LogP contribution >= 0.6 is 11.6 Å². The first-order valence-corrected chi connectivity index (χ1v) is 8.26. The fourth-order valence-corrected chi connectivity index (χ4v) is 2.95. The lowest BCUT2D eigenvalue weighted by Crippen LogP contribution is -2.36. The summed E-state index contributed by atoms with van der Waals surface area (Å²) in [4.78, 5) is 17.4. The molecule has 0 amide bonds. The van der Waals surface area contributed by atoms with Crippen LogP contribution in [0.15, 0.2) is 29.1 Å². The number of anilines is 1. The summed E-state index contributed by atoms with van der Waals surface area (Å²) in [5, 5.41) is 7.21. The van der Waals surface area contributed by atoms with E-state index in [0.717, 1.165) is 24.2 Å². The van der Waals surface area contributed by atoms with Crippen molar-refractivity contribution in [1.82, 2.24) is 14.9 Å². The minimum absolute atomic E-state index is 0.0297. The molecule has 124 valence electrons. The van der Waals surface area contributed by atoms with Crippen molar-refractivity contribution in [3.05, 3.63) is 56.5 Å². The van der Waals surface area contributed by atoms with E-state index < -0.39 is 0 Å². The highest BCUT2D eigenvalue weighted by Crippen LogP contribution is 2.20. The van der Waals surface area contributed by atoms with Crippen LogP contribution in [0.4, 0.5) is 5.95 Å². The molecule has 1 aliphatic heterocycles. The van der Waals surface area contributed by atoms with E-state index in [1.54, 1.807) is 0 Å². The summed E-state index contributed by atoms with van der Waals surface area (Å²) in [6.45, 7) is 3.56. The van der Waals surface area contributed by atoms with Crippen LogP contribution in [0.5, 0.6) is 0 Å². The lowest BCUT2D eigenvalue weighted by Gasteiger charge is -2.22. The van der Waals surface area contributed by atoms with Gasteiger partial charge in [-0.15, -0.1) is 6.42 Å². The summed E-state index contributed by atoms with van der Waals surface area (Å²) >= 11 is 5.94. The monoisotopic (exact) mass is 342 g/mol. The molecule has 1 aromatic heterocycles. The van der Waals surface area contributed by atoms with Gasteiger partial charge in [0.15, 0.2) is 0 Å². The van der Waals surface area contributed by atoms with Crippen LogP contribution in [0.1, 0.15) is 29.8 Å². The third-order valence-electron chi connectivity index (χ3n) is 4.15. The van der Waals surface area contributed by atoms with Gasteiger partial charge >= 0.3 is 0 Å². The highest BCUT2D eigenvalue weighted by molar-refractivity contribution is 6.30. The standard InChI is InChI=1S/C18H19ClN4O/c1-3-10-23-17(24)15-11-20-9-8-16(15)22-18(23)21-12(2)13-4-6-14(19)7-5-13/h1,4-7,12,20H,8-11H2,2H3,(H,21,22)/t12-/m0/s1. The van der Waals surface area contributed by atoms with E-state index in [-0.39, 0.29) is 18.1 Å². The molecule has 1 atom stereocenters. The van der Waals surface area contributed by atoms with Gasteiger partial charge in [-0.1, -0.05) is 29.7 Å². The van der Waals surface area contributed by atoms with E-state index in [1.807, 2.05) is 31.2 Å². The van der Waals surface area contributed by atoms with E-state index in [2.05, 4.69) is 21.5 Å². The first kappa shape index (κ1) is 16.6. The van der Waals surface area contributed by atoms with Crippen LogP contribution in [-0.4, -0.2) is 16.1 Å². The van der Waals surface area contributed by atoms with Gasteiger partial charge in [0.25, 0.3) is 5.56 Å². The average molecular weight is 343 g/mol. The Morgan fingerprint density at radius 2 is 2.21 bits per heavy atom. The van der Waals surface area contributed by atoms with Crippen molar-refractivity contribution in [2.24, 2.45) is 0 Å². The molecule has 0 aliphatic carbocycles. The minimum Gasteiger partial charge on any atom is -0.349 e. The molecule has 2 N–H and O–H groups in total. The quantitative estimate of drug-likeness (QED) is 0.837. The Balaban J connectivity index is 1.97. The number of rotatable bonds is 4. The van der Waals surface area contributed by atoms with Gasteiger partial charge in [0.05, 0.1) is 23.8 Å². The van der Waals surface area contributed by atoms with Crippen molar-refractivity contribution < 1.29 is 0 Å². The van der Waals surface area contributed by atoms with Gasteiger partial charge in [-0.25, -0.2) is 4.98 Å². The predicted octanol–water partition coefficient (Wildman–Crippen LogP) is 2.35. The van der Waals surface area contributed by atoms with Gasteiger partial charge in [-0.2, -0.15) is 0 Å². The second-order valence-corrected chi connectivity index (χ2v) is 6.24. The summed E-state index contributed by atoms with van der Waals surface area (Å²) in [6.07, 6.45) is 6.18. The SMILES string of the molecule is C#CCn1c(N[C@@H](C)c2ccc(Cl)cc2)nc2c(c1=O)CNCC2. The number of fused-ring (bicyclic) bond motifs is 1. The second-order valence-electron chi connectivity index (χ2n) is 5.80. The maximum atomic E-state index is 12.7. The zero-order chi connectivity index (χ0) is 17.1. The van der Waals surface area contributed by atoms with Crippen LogP contribution in [0, 0.1) is 12.3 Å². The summed E-state index contributed by atoms with van der Waals surface area (Å²) in [5.74, 6) is 3.05.